The fourth-order valence-corrected chi connectivity index (χ4v) is 2.52. The SMILES string of the molecule is CON(C)C(=O)Nc1cccc(OCC2CCCCC2)c1. The van der Waals surface area contributed by atoms with E-state index in [1.54, 1.807) is 7.05 Å². The van der Waals surface area contributed by atoms with E-state index in [-0.39, 0.29) is 6.03 Å². The Kier molecular flexibility index (Phi) is 5.87. The first-order chi connectivity index (χ1) is 10.2. The molecule has 0 bridgehead atoms. The van der Waals surface area contributed by atoms with Crippen LogP contribution in [0, 0.1) is 5.92 Å². The highest BCUT2D eigenvalue weighted by atomic mass is 16.7. The number of carbonyl (C=O) groups excluding carboxylic acids is 1. The number of hydrogen-bond donors (Lipinski definition) is 1. The van der Waals surface area contributed by atoms with Crippen molar-refractivity contribution < 1.29 is 14.4 Å². The summed E-state index contributed by atoms with van der Waals surface area (Å²) in [6, 6.07) is 7.14. The van der Waals surface area contributed by atoms with Gasteiger partial charge in [-0.1, -0.05) is 25.3 Å². The second-order valence-corrected chi connectivity index (χ2v) is 5.45. The molecule has 0 saturated heterocycles. The molecule has 1 aliphatic rings. The fraction of sp³-hybridized carbons (Fsp3) is 0.562. The monoisotopic (exact) mass is 292 g/mol. The second kappa shape index (κ2) is 7.88. The van der Waals surface area contributed by atoms with E-state index in [4.69, 9.17) is 9.57 Å². The number of nitrogens with zero attached hydrogens (tertiary/aromatic N) is 1. The molecule has 2 rings (SSSR count). The Balaban J connectivity index is 1.86. The molecule has 2 amide bonds. The first-order valence-corrected chi connectivity index (χ1v) is 7.50. The van der Waals surface area contributed by atoms with Crippen molar-refractivity contribution in [3.8, 4) is 5.75 Å². The molecule has 0 heterocycles. The van der Waals surface area contributed by atoms with Crippen molar-refractivity contribution in [2.24, 2.45) is 5.92 Å². The van der Waals surface area contributed by atoms with Crippen molar-refractivity contribution in [2.75, 3.05) is 26.1 Å². The molecule has 116 valence electrons. The molecule has 1 N–H and O–H groups in total. The molecule has 0 spiro atoms. The van der Waals surface area contributed by atoms with Crippen LogP contribution in [0.2, 0.25) is 0 Å². The van der Waals surface area contributed by atoms with Gasteiger partial charge in [0, 0.05) is 18.8 Å². The molecule has 1 aromatic rings. The number of urea groups is 1. The van der Waals surface area contributed by atoms with Crippen LogP contribution in [0.5, 0.6) is 5.75 Å². The first kappa shape index (κ1) is 15.6. The average Bonchev–Trinajstić information content (AvgIpc) is 2.53. The van der Waals surface area contributed by atoms with Gasteiger partial charge in [-0.2, -0.15) is 0 Å². The normalized spacial score (nSPS) is 15.5. The number of nitrogens with one attached hydrogen (secondary N) is 1. The second-order valence-electron chi connectivity index (χ2n) is 5.45. The van der Waals surface area contributed by atoms with Crippen LogP contribution in [0.15, 0.2) is 24.3 Å². The minimum Gasteiger partial charge on any atom is -0.493 e. The van der Waals surface area contributed by atoms with E-state index >= 15 is 0 Å². The Labute approximate surface area is 126 Å². The van der Waals surface area contributed by atoms with Gasteiger partial charge in [-0.25, -0.2) is 9.86 Å². The summed E-state index contributed by atoms with van der Waals surface area (Å²) in [5.74, 6) is 1.45. The quantitative estimate of drug-likeness (QED) is 0.842. The number of hydrogen-bond acceptors (Lipinski definition) is 3. The average molecular weight is 292 g/mol. The Hall–Kier alpha value is -1.75. The summed E-state index contributed by atoms with van der Waals surface area (Å²) in [5.41, 5.74) is 0.699. The van der Waals surface area contributed by atoms with E-state index in [0.29, 0.717) is 11.6 Å². The van der Waals surface area contributed by atoms with Gasteiger partial charge >= 0.3 is 6.03 Å². The van der Waals surface area contributed by atoms with Crippen molar-refractivity contribution in [3.63, 3.8) is 0 Å². The highest BCUT2D eigenvalue weighted by molar-refractivity contribution is 5.88. The van der Waals surface area contributed by atoms with Crippen molar-refractivity contribution in [1.82, 2.24) is 5.06 Å². The molecule has 0 unspecified atom stereocenters. The van der Waals surface area contributed by atoms with Crippen LogP contribution in [0.3, 0.4) is 0 Å². The summed E-state index contributed by atoms with van der Waals surface area (Å²) in [4.78, 5) is 16.5. The maximum atomic E-state index is 11.7. The van der Waals surface area contributed by atoms with Crippen LogP contribution in [0.1, 0.15) is 32.1 Å². The molecule has 0 aromatic heterocycles. The van der Waals surface area contributed by atoms with Gasteiger partial charge in [0.25, 0.3) is 0 Å². The fourth-order valence-electron chi connectivity index (χ4n) is 2.52. The van der Waals surface area contributed by atoms with Crippen LogP contribution in [0.25, 0.3) is 0 Å². The van der Waals surface area contributed by atoms with E-state index in [2.05, 4.69) is 5.32 Å². The standard InChI is InChI=1S/C16H24N2O3/c1-18(20-2)16(19)17-14-9-6-10-15(11-14)21-12-13-7-4-3-5-8-13/h6,9-11,13H,3-5,7-8,12H2,1-2H3,(H,17,19). The molecule has 0 radical (unpaired) electrons. The molecule has 5 nitrogen and oxygen atoms in total. The Morgan fingerprint density at radius 2 is 2.10 bits per heavy atom. The Morgan fingerprint density at radius 1 is 1.33 bits per heavy atom. The number of ether oxygens (including phenoxy) is 1. The molecule has 21 heavy (non-hydrogen) atoms. The molecule has 1 saturated carbocycles. The third-order valence-electron chi connectivity index (χ3n) is 3.86. The van der Waals surface area contributed by atoms with E-state index in [1.807, 2.05) is 24.3 Å². The van der Waals surface area contributed by atoms with Gasteiger partial charge in [-0.3, -0.25) is 4.84 Å². The van der Waals surface area contributed by atoms with Crippen molar-refractivity contribution in [1.29, 1.82) is 0 Å². The number of carbonyl (C=O) groups is 1. The number of amides is 2. The molecule has 5 heteroatoms. The summed E-state index contributed by atoms with van der Waals surface area (Å²) in [5, 5.41) is 3.89. The summed E-state index contributed by atoms with van der Waals surface area (Å²) in [6.07, 6.45) is 6.50. The lowest BCUT2D eigenvalue weighted by molar-refractivity contribution is -0.0598. The van der Waals surface area contributed by atoms with Crippen molar-refractivity contribution in [2.45, 2.75) is 32.1 Å². The van der Waals surface area contributed by atoms with E-state index < -0.39 is 0 Å². The largest absolute Gasteiger partial charge is 0.493 e. The van der Waals surface area contributed by atoms with Gasteiger partial charge < -0.3 is 10.1 Å². The number of anilines is 1. The Morgan fingerprint density at radius 3 is 2.81 bits per heavy atom. The van der Waals surface area contributed by atoms with Crippen LogP contribution in [0.4, 0.5) is 10.5 Å². The number of benzene rings is 1. The predicted molar refractivity (Wildman–Crippen MR) is 82.3 cm³/mol. The Bertz CT molecular complexity index is 459. The molecule has 1 aliphatic carbocycles. The number of rotatable bonds is 5. The first-order valence-electron chi connectivity index (χ1n) is 7.50. The van der Waals surface area contributed by atoms with E-state index in [9.17, 15) is 4.79 Å². The lowest BCUT2D eigenvalue weighted by Gasteiger charge is -2.21. The predicted octanol–water partition coefficient (Wildman–Crippen LogP) is 3.67. The van der Waals surface area contributed by atoms with Gasteiger partial charge in [-0.15, -0.1) is 0 Å². The van der Waals surface area contributed by atoms with Gasteiger partial charge in [0.15, 0.2) is 0 Å². The zero-order chi connectivity index (χ0) is 15.1. The molecular weight excluding hydrogens is 268 g/mol. The number of hydroxylamine groups is 2. The summed E-state index contributed by atoms with van der Waals surface area (Å²) in [7, 11) is 3.00. The minimum absolute atomic E-state index is 0.318. The summed E-state index contributed by atoms with van der Waals surface area (Å²) < 4.78 is 5.86. The molecule has 1 fully saturated rings. The summed E-state index contributed by atoms with van der Waals surface area (Å²) >= 11 is 0. The molecule has 0 aliphatic heterocycles. The van der Waals surface area contributed by atoms with Crippen molar-refractivity contribution >= 4 is 11.7 Å². The van der Waals surface area contributed by atoms with Gasteiger partial charge in [0.2, 0.25) is 0 Å². The molecular formula is C16H24N2O3. The maximum absolute atomic E-state index is 11.7. The molecule has 1 aromatic carbocycles. The van der Waals surface area contributed by atoms with Crippen molar-refractivity contribution in [3.05, 3.63) is 24.3 Å². The topological polar surface area (TPSA) is 50.8 Å². The third-order valence-corrected chi connectivity index (χ3v) is 3.86. The minimum atomic E-state index is -0.318. The van der Waals surface area contributed by atoms with Crippen LogP contribution < -0.4 is 10.1 Å². The van der Waals surface area contributed by atoms with Crippen LogP contribution in [-0.4, -0.2) is 31.9 Å². The zero-order valence-corrected chi connectivity index (χ0v) is 12.8. The zero-order valence-electron chi connectivity index (χ0n) is 12.8. The van der Waals surface area contributed by atoms with Crippen LogP contribution >= 0.6 is 0 Å². The summed E-state index contributed by atoms with van der Waals surface area (Å²) in [6.45, 7) is 0.759. The van der Waals surface area contributed by atoms with Gasteiger partial charge in [0.05, 0.1) is 13.7 Å². The third kappa shape index (κ3) is 4.93. The van der Waals surface area contributed by atoms with E-state index in [0.717, 1.165) is 17.4 Å². The highest BCUT2D eigenvalue weighted by Crippen LogP contribution is 2.25. The lowest BCUT2D eigenvalue weighted by atomic mass is 9.90. The van der Waals surface area contributed by atoms with E-state index in [1.165, 1.54) is 39.2 Å². The lowest BCUT2D eigenvalue weighted by Crippen LogP contribution is -2.30. The van der Waals surface area contributed by atoms with Gasteiger partial charge in [-0.05, 0) is 30.9 Å². The smallest absolute Gasteiger partial charge is 0.345 e. The molecule has 0 atom stereocenters. The highest BCUT2D eigenvalue weighted by Gasteiger charge is 2.14. The van der Waals surface area contributed by atoms with Crippen LogP contribution in [-0.2, 0) is 4.84 Å². The maximum Gasteiger partial charge on any atom is 0.345 e. The van der Waals surface area contributed by atoms with Gasteiger partial charge in [0.1, 0.15) is 5.75 Å².